The quantitative estimate of drug-likeness (QED) is 0.399. The molecule has 0 fully saturated rings. The predicted molar refractivity (Wildman–Crippen MR) is 121 cm³/mol. The van der Waals surface area contributed by atoms with Crippen molar-refractivity contribution in [1.82, 2.24) is 20.2 Å². The largest absolute Gasteiger partial charge is 0.390 e. The molecular weight excluding hydrogens is 408 g/mol. The lowest BCUT2D eigenvalue weighted by molar-refractivity contribution is 0.0155. The first-order valence-corrected chi connectivity index (χ1v) is 11.1. The van der Waals surface area contributed by atoms with Gasteiger partial charge in [-0.25, -0.2) is 0 Å². The molecule has 1 heterocycles. The summed E-state index contributed by atoms with van der Waals surface area (Å²) < 4.78 is 7.84. The Morgan fingerprint density at radius 3 is 2.26 bits per heavy atom. The van der Waals surface area contributed by atoms with Crippen molar-refractivity contribution in [3.8, 4) is 5.69 Å². The number of aliphatic hydroxyl groups excluding tert-OH is 1. The topological polar surface area (TPSA) is 73.1 Å². The van der Waals surface area contributed by atoms with Gasteiger partial charge in [-0.2, -0.15) is 4.68 Å². The van der Waals surface area contributed by atoms with E-state index in [4.69, 9.17) is 4.74 Å². The number of aryl methyl sites for hydroxylation is 1. The van der Waals surface area contributed by atoms with E-state index < -0.39 is 6.10 Å². The highest BCUT2D eigenvalue weighted by Gasteiger charge is 2.18. The fourth-order valence-corrected chi connectivity index (χ4v) is 3.98. The maximum absolute atomic E-state index is 10.6. The number of hydrogen-bond donors (Lipinski definition) is 1. The van der Waals surface area contributed by atoms with Gasteiger partial charge in [-0.3, -0.25) is 0 Å². The average molecular weight is 433 g/mol. The molecule has 0 aliphatic heterocycles. The van der Waals surface area contributed by atoms with Crippen LogP contribution in [0.15, 0.2) is 90.1 Å². The summed E-state index contributed by atoms with van der Waals surface area (Å²) in [5.74, 6) is 0.419. The molecule has 0 aliphatic rings. The molecule has 6 nitrogen and oxygen atoms in total. The van der Waals surface area contributed by atoms with Gasteiger partial charge in [0.25, 0.3) is 0 Å². The van der Waals surface area contributed by atoms with Crippen LogP contribution in [0.5, 0.6) is 0 Å². The number of ether oxygens (including phenoxy) is 1. The van der Waals surface area contributed by atoms with Crippen LogP contribution >= 0.6 is 11.8 Å². The van der Waals surface area contributed by atoms with Gasteiger partial charge in [-0.05, 0) is 40.6 Å². The van der Waals surface area contributed by atoms with E-state index >= 15 is 0 Å². The number of para-hydroxylation sites is 1. The zero-order chi connectivity index (χ0) is 21.5. The van der Waals surface area contributed by atoms with E-state index in [0.29, 0.717) is 10.9 Å². The molecule has 0 unspecified atom stereocenters. The van der Waals surface area contributed by atoms with E-state index in [-0.39, 0.29) is 12.7 Å². The van der Waals surface area contributed by atoms with Crippen molar-refractivity contribution in [2.45, 2.75) is 24.3 Å². The van der Waals surface area contributed by atoms with Crippen LogP contribution < -0.4 is 0 Å². The molecule has 0 aliphatic carbocycles. The van der Waals surface area contributed by atoms with Gasteiger partial charge in [0.05, 0.1) is 18.4 Å². The minimum atomic E-state index is -0.664. The predicted octanol–water partition coefficient (Wildman–Crippen LogP) is 4.23. The van der Waals surface area contributed by atoms with E-state index in [9.17, 15) is 5.11 Å². The van der Waals surface area contributed by atoms with E-state index in [2.05, 4.69) is 46.7 Å². The van der Waals surface area contributed by atoms with Crippen molar-refractivity contribution >= 4 is 11.8 Å². The Labute approximate surface area is 185 Å². The van der Waals surface area contributed by atoms with E-state index in [0.717, 1.165) is 16.8 Å². The Hall–Kier alpha value is -3.00. The smallest absolute Gasteiger partial charge is 0.214 e. The van der Waals surface area contributed by atoms with E-state index in [1.807, 2.05) is 60.7 Å². The Kier molecular flexibility index (Phi) is 7.09. The fraction of sp³-hybridized carbons (Fsp3) is 0.208. The van der Waals surface area contributed by atoms with Gasteiger partial charge in [0.15, 0.2) is 0 Å². The van der Waals surface area contributed by atoms with Crippen molar-refractivity contribution in [3.05, 3.63) is 102 Å². The fourth-order valence-electron chi connectivity index (χ4n) is 3.18. The van der Waals surface area contributed by atoms with Gasteiger partial charge >= 0.3 is 0 Å². The number of nitrogens with zero attached hydrogens (tertiary/aromatic N) is 4. The lowest BCUT2D eigenvalue weighted by Gasteiger charge is -2.21. The van der Waals surface area contributed by atoms with Crippen LogP contribution in [0.3, 0.4) is 0 Å². The molecule has 4 rings (SSSR count). The molecule has 2 atom stereocenters. The first kappa shape index (κ1) is 21.2. The Bertz CT molecular complexity index is 1070. The SMILES string of the molecule is Cc1ccc([C@@H](OC[C@@H](O)CSc2nnnn2-c2ccccc2)c2ccccc2)cc1. The molecule has 1 aromatic heterocycles. The molecule has 3 aromatic carbocycles. The van der Waals surface area contributed by atoms with Crippen molar-refractivity contribution < 1.29 is 9.84 Å². The summed E-state index contributed by atoms with van der Waals surface area (Å²) in [5.41, 5.74) is 4.19. The standard InChI is InChI=1S/C24H24N4O2S/c1-18-12-14-20(15-13-18)23(19-8-4-2-5-9-19)30-16-22(29)17-31-24-25-26-27-28(24)21-10-6-3-7-11-21/h2-15,22-23,29H,16-17H2,1H3/t22-,23+/m1/s1. The second-order valence-corrected chi connectivity index (χ2v) is 8.20. The molecule has 158 valence electrons. The number of thioether (sulfide) groups is 1. The Morgan fingerprint density at radius 2 is 1.55 bits per heavy atom. The van der Waals surface area contributed by atoms with Crippen LogP contribution in [-0.4, -0.2) is 43.8 Å². The summed E-state index contributed by atoms with van der Waals surface area (Å²) in [6, 6.07) is 28.0. The number of tetrazole rings is 1. The highest BCUT2D eigenvalue weighted by Crippen LogP contribution is 2.27. The molecule has 0 spiro atoms. The van der Waals surface area contributed by atoms with Crippen LogP contribution in [-0.2, 0) is 4.74 Å². The third kappa shape index (κ3) is 5.58. The second-order valence-electron chi connectivity index (χ2n) is 7.21. The summed E-state index contributed by atoms with van der Waals surface area (Å²) in [5, 5.41) is 23.1. The van der Waals surface area contributed by atoms with Crippen LogP contribution in [0.25, 0.3) is 5.69 Å². The molecule has 0 saturated carbocycles. The van der Waals surface area contributed by atoms with E-state index in [1.165, 1.54) is 17.3 Å². The van der Waals surface area contributed by atoms with Crippen LogP contribution in [0.1, 0.15) is 22.8 Å². The number of benzene rings is 3. The Balaban J connectivity index is 1.39. The minimum Gasteiger partial charge on any atom is -0.390 e. The molecule has 7 heteroatoms. The van der Waals surface area contributed by atoms with Gasteiger partial charge < -0.3 is 9.84 Å². The molecule has 0 amide bonds. The summed E-state index contributed by atoms with van der Waals surface area (Å²) in [7, 11) is 0. The highest BCUT2D eigenvalue weighted by atomic mass is 32.2. The highest BCUT2D eigenvalue weighted by molar-refractivity contribution is 7.99. The van der Waals surface area contributed by atoms with Crippen LogP contribution in [0, 0.1) is 6.92 Å². The molecule has 1 N–H and O–H groups in total. The Morgan fingerprint density at radius 1 is 0.903 bits per heavy atom. The number of aromatic nitrogens is 4. The number of rotatable bonds is 9. The zero-order valence-corrected chi connectivity index (χ0v) is 18.0. The zero-order valence-electron chi connectivity index (χ0n) is 17.2. The van der Waals surface area contributed by atoms with Crippen LogP contribution in [0.4, 0.5) is 0 Å². The van der Waals surface area contributed by atoms with Crippen molar-refractivity contribution in [2.24, 2.45) is 0 Å². The molecule has 0 radical (unpaired) electrons. The summed E-state index contributed by atoms with van der Waals surface area (Å²) in [4.78, 5) is 0. The first-order chi connectivity index (χ1) is 15.2. The van der Waals surface area contributed by atoms with Gasteiger partial charge in [0.2, 0.25) is 5.16 Å². The van der Waals surface area contributed by atoms with Gasteiger partial charge in [-0.15, -0.1) is 5.10 Å². The molecule has 0 bridgehead atoms. The normalized spacial score (nSPS) is 13.1. The lowest BCUT2D eigenvalue weighted by atomic mass is 10.0. The first-order valence-electron chi connectivity index (χ1n) is 10.1. The van der Waals surface area contributed by atoms with Crippen molar-refractivity contribution in [3.63, 3.8) is 0 Å². The minimum absolute atomic E-state index is 0.202. The van der Waals surface area contributed by atoms with Gasteiger partial charge in [-0.1, -0.05) is 90.1 Å². The molecule has 31 heavy (non-hydrogen) atoms. The maximum Gasteiger partial charge on any atom is 0.214 e. The molecule has 4 aromatic rings. The number of aliphatic hydroxyl groups is 1. The van der Waals surface area contributed by atoms with Gasteiger partial charge in [0, 0.05) is 5.75 Å². The van der Waals surface area contributed by atoms with Gasteiger partial charge in [0.1, 0.15) is 6.10 Å². The average Bonchev–Trinajstić information content (AvgIpc) is 3.29. The third-order valence-corrected chi connectivity index (χ3v) is 5.85. The summed E-state index contributed by atoms with van der Waals surface area (Å²) >= 11 is 1.40. The lowest BCUT2D eigenvalue weighted by Crippen LogP contribution is -2.21. The van der Waals surface area contributed by atoms with Crippen molar-refractivity contribution in [1.29, 1.82) is 0 Å². The van der Waals surface area contributed by atoms with Crippen molar-refractivity contribution in [2.75, 3.05) is 12.4 Å². The summed E-state index contributed by atoms with van der Waals surface area (Å²) in [6.07, 6.45) is -0.904. The summed E-state index contributed by atoms with van der Waals surface area (Å²) in [6.45, 7) is 2.26. The molecule has 0 saturated heterocycles. The molecular formula is C24H24N4O2S. The monoisotopic (exact) mass is 432 g/mol. The number of hydrogen-bond acceptors (Lipinski definition) is 6. The maximum atomic E-state index is 10.6. The second kappa shape index (κ2) is 10.3. The van der Waals surface area contributed by atoms with E-state index in [1.54, 1.807) is 4.68 Å². The third-order valence-electron chi connectivity index (χ3n) is 4.78. The van der Waals surface area contributed by atoms with Crippen LogP contribution in [0.2, 0.25) is 0 Å².